The highest BCUT2D eigenvalue weighted by Gasteiger charge is 2.09. The van der Waals surface area contributed by atoms with Crippen LogP contribution in [0.2, 0.25) is 0 Å². The summed E-state index contributed by atoms with van der Waals surface area (Å²) in [4.78, 5) is 21.9. The minimum atomic E-state index is -0.258. The number of halogens is 1. The molecule has 0 rings (SSSR count). The molecule has 0 saturated heterocycles. The highest BCUT2D eigenvalue weighted by molar-refractivity contribution is 9.10. The largest absolute Gasteiger partial charge is 0.355 e. The molecule has 4 nitrogen and oxygen atoms in total. The SMILES string of the molecule is CCCCNC(=O)CNC(=O)C(C)Br. The van der Waals surface area contributed by atoms with Gasteiger partial charge in [-0.25, -0.2) is 0 Å². The van der Waals surface area contributed by atoms with Crippen LogP contribution in [-0.4, -0.2) is 29.7 Å². The Morgan fingerprint density at radius 3 is 2.50 bits per heavy atom. The van der Waals surface area contributed by atoms with Crippen LogP contribution in [0.15, 0.2) is 0 Å². The smallest absolute Gasteiger partial charge is 0.239 e. The van der Waals surface area contributed by atoms with Crippen molar-refractivity contribution in [3.63, 3.8) is 0 Å². The molecule has 0 aliphatic carbocycles. The monoisotopic (exact) mass is 264 g/mol. The van der Waals surface area contributed by atoms with Gasteiger partial charge in [0.2, 0.25) is 11.8 Å². The van der Waals surface area contributed by atoms with Gasteiger partial charge in [0.1, 0.15) is 0 Å². The van der Waals surface area contributed by atoms with Crippen molar-refractivity contribution in [1.82, 2.24) is 10.6 Å². The van der Waals surface area contributed by atoms with E-state index in [1.165, 1.54) is 0 Å². The fraction of sp³-hybridized carbons (Fsp3) is 0.778. The maximum absolute atomic E-state index is 11.1. The Kier molecular flexibility index (Phi) is 7.47. The fourth-order valence-corrected chi connectivity index (χ4v) is 0.937. The van der Waals surface area contributed by atoms with Crippen LogP contribution in [0, 0.1) is 0 Å². The summed E-state index contributed by atoms with van der Waals surface area (Å²) in [6, 6.07) is 0. The lowest BCUT2D eigenvalue weighted by molar-refractivity contribution is -0.125. The van der Waals surface area contributed by atoms with Crippen LogP contribution < -0.4 is 10.6 Å². The summed E-state index contributed by atoms with van der Waals surface area (Å²) >= 11 is 3.11. The van der Waals surface area contributed by atoms with E-state index in [2.05, 4.69) is 33.5 Å². The first-order chi connectivity index (χ1) is 6.57. The maximum Gasteiger partial charge on any atom is 0.239 e. The van der Waals surface area contributed by atoms with Gasteiger partial charge in [-0.05, 0) is 13.3 Å². The molecule has 0 aliphatic heterocycles. The van der Waals surface area contributed by atoms with Crippen molar-refractivity contribution in [1.29, 1.82) is 0 Å². The lowest BCUT2D eigenvalue weighted by Crippen LogP contribution is -2.39. The van der Waals surface area contributed by atoms with Crippen LogP contribution >= 0.6 is 15.9 Å². The number of nitrogens with one attached hydrogen (secondary N) is 2. The van der Waals surface area contributed by atoms with Crippen molar-refractivity contribution >= 4 is 27.7 Å². The Morgan fingerprint density at radius 1 is 1.36 bits per heavy atom. The Bertz CT molecular complexity index is 195. The molecule has 0 fully saturated rings. The first-order valence-electron chi connectivity index (χ1n) is 4.76. The van der Waals surface area contributed by atoms with Crippen molar-refractivity contribution in [2.75, 3.05) is 13.1 Å². The quantitative estimate of drug-likeness (QED) is 0.551. The third-order valence-corrected chi connectivity index (χ3v) is 2.05. The van der Waals surface area contributed by atoms with E-state index in [1.807, 2.05) is 0 Å². The normalized spacial score (nSPS) is 11.9. The van der Waals surface area contributed by atoms with Crippen molar-refractivity contribution in [2.45, 2.75) is 31.5 Å². The maximum atomic E-state index is 11.1. The molecule has 2 amide bonds. The van der Waals surface area contributed by atoms with Gasteiger partial charge in [0, 0.05) is 6.54 Å². The molecule has 0 spiro atoms. The molecule has 0 aromatic heterocycles. The van der Waals surface area contributed by atoms with E-state index in [4.69, 9.17) is 0 Å². The molecule has 0 bridgehead atoms. The molecule has 1 atom stereocenters. The van der Waals surface area contributed by atoms with Gasteiger partial charge in [0.15, 0.2) is 0 Å². The molecule has 0 saturated carbocycles. The lowest BCUT2D eigenvalue weighted by Gasteiger charge is -2.07. The van der Waals surface area contributed by atoms with Gasteiger partial charge in [-0.15, -0.1) is 0 Å². The van der Waals surface area contributed by atoms with Gasteiger partial charge in [0.05, 0.1) is 11.4 Å². The zero-order valence-corrected chi connectivity index (χ0v) is 10.2. The Hall–Kier alpha value is -0.580. The average Bonchev–Trinajstić information content (AvgIpc) is 2.14. The van der Waals surface area contributed by atoms with Gasteiger partial charge in [-0.2, -0.15) is 0 Å². The van der Waals surface area contributed by atoms with E-state index < -0.39 is 0 Å². The molecular formula is C9H17BrN2O2. The predicted octanol–water partition coefficient (Wildman–Crippen LogP) is 0.802. The molecule has 0 aromatic rings. The van der Waals surface area contributed by atoms with Crippen LogP contribution in [0.1, 0.15) is 26.7 Å². The van der Waals surface area contributed by atoms with E-state index in [9.17, 15) is 9.59 Å². The number of alkyl halides is 1. The van der Waals surface area contributed by atoms with Gasteiger partial charge < -0.3 is 10.6 Å². The van der Waals surface area contributed by atoms with E-state index >= 15 is 0 Å². The van der Waals surface area contributed by atoms with Crippen molar-refractivity contribution in [3.8, 4) is 0 Å². The third kappa shape index (κ3) is 6.88. The fourth-order valence-electron chi connectivity index (χ4n) is 0.775. The van der Waals surface area contributed by atoms with Gasteiger partial charge in [-0.3, -0.25) is 9.59 Å². The standard InChI is InChI=1S/C9H17BrN2O2/c1-3-4-5-11-8(13)6-12-9(14)7(2)10/h7H,3-6H2,1-2H3,(H,11,13)(H,12,14). The summed E-state index contributed by atoms with van der Waals surface area (Å²) in [5.41, 5.74) is 0. The predicted molar refractivity (Wildman–Crippen MR) is 59.3 cm³/mol. The summed E-state index contributed by atoms with van der Waals surface area (Å²) in [6.45, 7) is 4.50. The average molecular weight is 265 g/mol. The lowest BCUT2D eigenvalue weighted by atomic mass is 10.3. The van der Waals surface area contributed by atoms with E-state index in [-0.39, 0.29) is 23.2 Å². The van der Waals surface area contributed by atoms with E-state index in [0.29, 0.717) is 6.54 Å². The number of unbranched alkanes of at least 4 members (excludes halogenated alkanes) is 1. The van der Waals surface area contributed by atoms with Crippen molar-refractivity contribution < 1.29 is 9.59 Å². The number of carbonyl (C=O) groups excluding carboxylic acids is 2. The second kappa shape index (κ2) is 7.79. The van der Waals surface area contributed by atoms with Gasteiger partial charge >= 0.3 is 0 Å². The summed E-state index contributed by atoms with van der Waals surface area (Å²) in [5.74, 6) is -0.310. The number of hydrogen-bond donors (Lipinski definition) is 2. The summed E-state index contributed by atoms with van der Waals surface area (Å²) in [5, 5.41) is 5.22. The van der Waals surface area contributed by atoms with Crippen LogP contribution in [0.5, 0.6) is 0 Å². The molecule has 2 N–H and O–H groups in total. The second-order valence-electron chi connectivity index (χ2n) is 3.04. The summed E-state index contributed by atoms with van der Waals surface area (Å²) < 4.78 is 0. The van der Waals surface area contributed by atoms with Crippen molar-refractivity contribution in [3.05, 3.63) is 0 Å². The first-order valence-corrected chi connectivity index (χ1v) is 5.68. The molecule has 0 radical (unpaired) electrons. The zero-order valence-electron chi connectivity index (χ0n) is 8.60. The number of hydrogen-bond acceptors (Lipinski definition) is 2. The molecule has 5 heteroatoms. The Morgan fingerprint density at radius 2 is 2.00 bits per heavy atom. The molecule has 1 unspecified atom stereocenters. The molecular weight excluding hydrogens is 248 g/mol. The Balaban J connectivity index is 3.49. The first kappa shape index (κ1) is 13.4. The van der Waals surface area contributed by atoms with Crippen LogP contribution in [0.4, 0.5) is 0 Å². The number of amides is 2. The van der Waals surface area contributed by atoms with Gasteiger partial charge in [0.25, 0.3) is 0 Å². The highest BCUT2D eigenvalue weighted by Crippen LogP contribution is 1.95. The van der Waals surface area contributed by atoms with E-state index in [1.54, 1.807) is 6.92 Å². The number of carbonyl (C=O) groups is 2. The zero-order chi connectivity index (χ0) is 11.0. The minimum Gasteiger partial charge on any atom is -0.355 e. The molecule has 0 heterocycles. The molecule has 82 valence electrons. The molecule has 14 heavy (non-hydrogen) atoms. The molecule has 0 aromatic carbocycles. The summed E-state index contributed by atoms with van der Waals surface area (Å²) in [7, 11) is 0. The third-order valence-electron chi connectivity index (χ3n) is 1.64. The minimum absolute atomic E-state index is 0.0541. The Labute approximate surface area is 92.9 Å². The number of rotatable bonds is 6. The molecule has 0 aliphatic rings. The van der Waals surface area contributed by atoms with Crippen LogP contribution in [-0.2, 0) is 9.59 Å². The van der Waals surface area contributed by atoms with Gasteiger partial charge in [-0.1, -0.05) is 29.3 Å². The highest BCUT2D eigenvalue weighted by atomic mass is 79.9. The van der Waals surface area contributed by atoms with E-state index in [0.717, 1.165) is 12.8 Å². The topological polar surface area (TPSA) is 58.2 Å². The van der Waals surface area contributed by atoms with Crippen LogP contribution in [0.3, 0.4) is 0 Å². The summed E-state index contributed by atoms with van der Waals surface area (Å²) in [6.07, 6.45) is 2.01. The van der Waals surface area contributed by atoms with Crippen LogP contribution in [0.25, 0.3) is 0 Å². The second-order valence-corrected chi connectivity index (χ2v) is 4.41. The van der Waals surface area contributed by atoms with Crippen molar-refractivity contribution in [2.24, 2.45) is 0 Å².